The number of hydrogen-bond acceptors (Lipinski definition) is 2. The minimum absolute atomic E-state index is 0.144. The maximum Gasteiger partial charge on any atom is 0.261 e. The van der Waals surface area contributed by atoms with Crippen LogP contribution in [-0.2, 0) is 0 Å². The molecular formula is C19H14BrF2NOS. The van der Waals surface area contributed by atoms with E-state index >= 15 is 0 Å². The maximum atomic E-state index is 13.4. The van der Waals surface area contributed by atoms with E-state index in [1.807, 2.05) is 31.2 Å². The van der Waals surface area contributed by atoms with Gasteiger partial charge in [-0.05, 0) is 54.4 Å². The number of amides is 1. The Labute approximate surface area is 156 Å². The first-order valence-corrected chi connectivity index (χ1v) is 9.16. The van der Waals surface area contributed by atoms with Crippen molar-refractivity contribution in [2.24, 2.45) is 0 Å². The topological polar surface area (TPSA) is 29.1 Å². The average Bonchev–Trinajstić information content (AvgIpc) is 3.08. The molecule has 0 aliphatic rings. The molecule has 2 aromatic carbocycles. The molecule has 6 heteroatoms. The zero-order chi connectivity index (χ0) is 18.0. The van der Waals surface area contributed by atoms with Crippen LogP contribution in [0.1, 0.15) is 28.2 Å². The Balaban J connectivity index is 1.74. The molecule has 3 aromatic rings. The highest BCUT2D eigenvalue weighted by Crippen LogP contribution is 2.29. The SMILES string of the molecule is CC(NC(=O)c1ccc(-c2ccc(F)c(F)c2)s1)c1ccc(Br)cc1. The van der Waals surface area contributed by atoms with Crippen molar-refractivity contribution in [2.45, 2.75) is 13.0 Å². The molecule has 0 fully saturated rings. The van der Waals surface area contributed by atoms with Gasteiger partial charge in [0, 0.05) is 9.35 Å². The highest BCUT2D eigenvalue weighted by atomic mass is 79.9. The fourth-order valence-corrected chi connectivity index (χ4v) is 3.54. The Hall–Kier alpha value is -2.05. The fourth-order valence-electron chi connectivity index (χ4n) is 2.37. The summed E-state index contributed by atoms with van der Waals surface area (Å²) in [6.45, 7) is 1.91. The van der Waals surface area contributed by atoms with Crippen molar-refractivity contribution < 1.29 is 13.6 Å². The van der Waals surface area contributed by atoms with Crippen LogP contribution in [-0.4, -0.2) is 5.91 Å². The van der Waals surface area contributed by atoms with E-state index in [1.54, 1.807) is 12.1 Å². The molecule has 1 amide bonds. The minimum atomic E-state index is -0.902. The Morgan fingerprint density at radius 3 is 2.44 bits per heavy atom. The third-order valence-corrected chi connectivity index (χ3v) is 5.41. The third kappa shape index (κ3) is 4.14. The summed E-state index contributed by atoms with van der Waals surface area (Å²) in [5, 5.41) is 2.94. The van der Waals surface area contributed by atoms with Crippen LogP contribution in [0.15, 0.2) is 59.1 Å². The predicted octanol–water partition coefficient (Wildman–Crippen LogP) is 5.95. The first kappa shape index (κ1) is 17.8. The molecule has 1 atom stereocenters. The molecule has 0 bridgehead atoms. The summed E-state index contributed by atoms with van der Waals surface area (Å²) in [7, 11) is 0. The molecular weight excluding hydrogens is 408 g/mol. The highest BCUT2D eigenvalue weighted by molar-refractivity contribution is 9.10. The molecule has 0 aliphatic carbocycles. The van der Waals surface area contributed by atoms with Gasteiger partial charge in [-0.25, -0.2) is 8.78 Å². The van der Waals surface area contributed by atoms with Crippen LogP contribution in [0.2, 0.25) is 0 Å². The smallest absolute Gasteiger partial charge is 0.261 e. The summed E-state index contributed by atoms with van der Waals surface area (Å²) < 4.78 is 27.4. The second-order valence-electron chi connectivity index (χ2n) is 5.54. The average molecular weight is 422 g/mol. The van der Waals surface area contributed by atoms with Gasteiger partial charge >= 0.3 is 0 Å². The molecule has 2 nitrogen and oxygen atoms in total. The van der Waals surface area contributed by atoms with Crippen molar-refractivity contribution in [1.29, 1.82) is 0 Å². The molecule has 1 aromatic heterocycles. The normalized spacial score (nSPS) is 12.0. The third-order valence-electron chi connectivity index (χ3n) is 3.75. The number of hydrogen-bond donors (Lipinski definition) is 1. The first-order chi connectivity index (χ1) is 11.9. The van der Waals surface area contributed by atoms with Crippen molar-refractivity contribution in [3.8, 4) is 10.4 Å². The standard InChI is InChI=1S/C19H14BrF2NOS/c1-11(12-2-5-14(20)6-3-12)23-19(24)18-9-8-17(25-18)13-4-7-15(21)16(22)10-13/h2-11H,1H3,(H,23,24). The summed E-state index contributed by atoms with van der Waals surface area (Å²) in [4.78, 5) is 13.6. The van der Waals surface area contributed by atoms with E-state index in [0.717, 1.165) is 22.2 Å². The number of nitrogens with one attached hydrogen (secondary N) is 1. The molecule has 25 heavy (non-hydrogen) atoms. The van der Waals surface area contributed by atoms with Gasteiger partial charge in [0.05, 0.1) is 10.9 Å². The number of halogens is 3. The van der Waals surface area contributed by atoms with Crippen LogP contribution < -0.4 is 5.32 Å². The molecule has 1 N–H and O–H groups in total. The van der Waals surface area contributed by atoms with Crippen LogP contribution in [0.5, 0.6) is 0 Å². The largest absolute Gasteiger partial charge is 0.345 e. The van der Waals surface area contributed by atoms with Gasteiger partial charge < -0.3 is 5.32 Å². The Morgan fingerprint density at radius 2 is 1.76 bits per heavy atom. The number of carbonyl (C=O) groups is 1. The lowest BCUT2D eigenvalue weighted by Gasteiger charge is -2.13. The van der Waals surface area contributed by atoms with E-state index in [0.29, 0.717) is 15.3 Å². The van der Waals surface area contributed by atoms with E-state index in [-0.39, 0.29) is 11.9 Å². The van der Waals surface area contributed by atoms with Gasteiger partial charge in [-0.1, -0.05) is 34.1 Å². The van der Waals surface area contributed by atoms with E-state index in [1.165, 1.54) is 17.4 Å². The second kappa shape index (κ2) is 7.45. The molecule has 0 aliphatic heterocycles. The lowest BCUT2D eigenvalue weighted by molar-refractivity contribution is 0.0944. The van der Waals surface area contributed by atoms with Crippen molar-refractivity contribution in [3.63, 3.8) is 0 Å². The zero-order valence-electron chi connectivity index (χ0n) is 13.2. The first-order valence-electron chi connectivity index (χ1n) is 7.55. The quantitative estimate of drug-likeness (QED) is 0.554. The van der Waals surface area contributed by atoms with Gasteiger partial charge in [0.2, 0.25) is 0 Å². The van der Waals surface area contributed by atoms with Crippen molar-refractivity contribution in [1.82, 2.24) is 5.32 Å². The summed E-state index contributed by atoms with van der Waals surface area (Å²) in [5.41, 5.74) is 1.54. The summed E-state index contributed by atoms with van der Waals surface area (Å²) >= 11 is 4.62. The number of thiophene rings is 1. The summed E-state index contributed by atoms with van der Waals surface area (Å²) in [5.74, 6) is -1.99. The van der Waals surface area contributed by atoms with Gasteiger partial charge in [0.1, 0.15) is 0 Å². The van der Waals surface area contributed by atoms with Crippen molar-refractivity contribution in [2.75, 3.05) is 0 Å². The predicted molar refractivity (Wildman–Crippen MR) is 99.7 cm³/mol. The van der Waals surface area contributed by atoms with Crippen LogP contribution >= 0.6 is 27.3 Å². The van der Waals surface area contributed by atoms with Gasteiger partial charge in [-0.2, -0.15) is 0 Å². The molecule has 128 valence electrons. The van der Waals surface area contributed by atoms with E-state index in [4.69, 9.17) is 0 Å². The van der Waals surface area contributed by atoms with Crippen molar-refractivity contribution >= 4 is 33.2 Å². The lowest BCUT2D eigenvalue weighted by atomic mass is 10.1. The monoisotopic (exact) mass is 421 g/mol. The minimum Gasteiger partial charge on any atom is -0.345 e. The molecule has 3 rings (SSSR count). The van der Waals surface area contributed by atoms with Crippen LogP contribution in [0, 0.1) is 11.6 Å². The number of benzene rings is 2. The van der Waals surface area contributed by atoms with E-state index in [2.05, 4.69) is 21.2 Å². The zero-order valence-corrected chi connectivity index (χ0v) is 15.6. The highest BCUT2D eigenvalue weighted by Gasteiger charge is 2.15. The van der Waals surface area contributed by atoms with Gasteiger partial charge in [-0.15, -0.1) is 11.3 Å². The van der Waals surface area contributed by atoms with Gasteiger partial charge in [-0.3, -0.25) is 4.79 Å². The Kier molecular flexibility index (Phi) is 5.30. The second-order valence-corrected chi connectivity index (χ2v) is 7.54. The summed E-state index contributed by atoms with van der Waals surface area (Å²) in [6.07, 6.45) is 0. The molecule has 1 heterocycles. The van der Waals surface area contributed by atoms with Crippen LogP contribution in [0.25, 0.3) is 10.4 Å². The number of carbonyl (C=O) groups excluding carboxylic acids is 1. The van der Waals surface area contributed by atoms with Crippen LogP contribution in [0.4, 0.5) is 8.78 Å². The Bertz CT molecular complexity index is 908. The maximum absolute atomic E-state index is 13.4. The molecule has 0 radical (unpaired) electrons. The molecule has 0 saturated carbocycles. The molecule has 0 saturated heterocycles. The van der Waals surface area contributed by atoms with E-state index < -0.39 is 11.6 Å². The molecule has 1 unspecified atom stereocenters. The Morgan fingerprint density at radius 1 is 1.04 bits per heavy atom. The number of rotatable bonds is 4. The lowest BCUT2D eigenvalue weighted by Crippen LogP contribution is -2.25. The van der Waals surface area contributed by atoms with E-state index in [9.17, 15) is 13.6 Å². The van der Waals surface area contributed by atoms with Crippen molar-refractivity contribution in [3.05, 3.63) is 81.1 Å². The molecule has 0 spiro atoms. The fraction of sp³-hybridized carbons (Fsp3) is 0.105. The van der Waals surface area contributed by atoms with Gasteiger partial charge in [0.25, 0.3) is 5.91 Å². The summed E-state index contributed by atoms with van der Waals surface area (Å²) in [6, 6.07) is 14.7. The van der Waals surface area contributed by atoms with Gasteiger partial charge in [0.15, 0.2) is 11.6 Å². The van der Waals surface area contributed by atoms with Crippen LogP contribution in [0.3, 0.4) is 0 Å².